The van der Waals surface area contributed by atoms with E-state index in [0.717, 1.165) is 19.3 Å². The molecule has 0 bridgehead atoms. The van der Waals surface area contributed by atoms with Crippen molar-refractivity contribution in [2.45, 2.75) is 33.1 Å². The minimum atomic E-state index is -0.640. The van der Waals surface area contributed by atoms with Gasteiger partial charge in [0, 0.05) is 11.4 Å². The maximum absolute atomic E-state index is 11.9. The molecule has 1 aromatic rings. The van der Waals surface area contributed by atoms with E-state index < -0.39 is 24.5 Å². The largest absolute Gasteiger partial charge is 0.451 e. The number of hydrogen-bond donors (Lipinski definition) is 2. The zero-order valence-electron chi connectivity index (χ0n) is 12.7. The van der Waals surface area contributed by atoms with Crippen LogP contribution in [0.15, 0.2) is 6.07 Å². The second-order valence-corrected chi connectivity index (χ2v) is 6.78. The topological polar surface area (TPSA) is 84.5 Å². The second-order valence-electron chi connectivity index (χ2n) is 5.64. The lowest BCUT2D eigenvalue weighted by Crippen LogP contribution is -2.42. The zero-order chi connectivity index (χ0) is 16.1. The Morgan fingerprint density at radius 1 is 1.32 bits per heavy atom. The molecule has 2 rings (SSSR count). The predicted octanol–water partition coefficient (Wildman–Crippen LogP) is 1.88. The Balaban J connectivity index is 1.73. The molecule has 1 aliphatic carbocycles. The van der Waals surface area contributed by atoms with Gasteiger partial charge in [-0.25, -0.2) is 9.59 Å². The van der Waals surface area contributed by atoms with E-state index in [2.05, 4.69) is 10.6 Å². The summed E-state index contributed by atoms with van der Waals surface area (Å²) in [5.74, 6) is -0.865. The van der Waals surface area contributed by atoms with Gasteiger partial charge in [0.2, 0.25) is 0 Å². The molecule has 0 radical (unpaired) electrons. The van der Waals surface area contributed by atoms with Gasteiger partial charge in [0.25, 0.3) is 5.91 Å². The molecule has 0 saturated heterocycles. The molecule has 0 atom stereocenters. The van der Waals surface area contributed by atoms with Crippen LogP contribution in [0.5, 0.6) is 0 Å². The van der Waals surface area contributed by atoms with Crippen LogP contribution in [-0.4, -0.2) is 31.1 Å². The standard InChI is InChI=1S/C15H20N2O4S/c1-9(2)7-16-15(20)17-13(18)8-21-14(19)12-6-10-4-3-5-11(10)22-12/h6,9H,3-5,7-8H2,1-2H3,(H2,16,17,18,20). The molecule has 1 aliphatic rings. The number of amides is 3. The summed E-state index contributed by atoms with van der Waals surface area (Å²) >= 11 is 1.42. The number of carbonyl (C=O) groups is 3. The molecule has 0 aliphatic heterocycles. The van der Waals surface area contributed by atoms with Gasteiger partial charge in [0.1, 0.15) is 4.88 Å². The van der Waals surface area contributed by atoms with Gasteiger partial charge < -0.3 is 10.1 Å². The van der Waals surface area contributed by atoms with E-state index in [4.69, 9.17) is 4.74 Å². The first-order valence-corrected chi connectivity index (χ1v) is 8.13. The van der Waals surface area contributed by atoms with Crippen molar-refractivity contribution in [2.24, 2.45) is 5.92 Å². The number of aryl methyl sites for hydroxylation is 2. The van der Waals surface area contributed by atoms with Gasteiger partial charge in [-0.15, -0.1) is 11.3 Å². The minimum Gasteiger partial charge on any atom is -0.451 e. The van der Waals surface area contributed by atoms with Gasteiger partial charge in [-0.3, -0.25) is 10.1 Å². The van der Waals surface area contributed by atoms with Gasteiger partial charge >= 0.3 is 12.0 Å². The van der Waals surface area contributed by atoms with E-state index in [-0.39, 0.29) is 0 Å². The van der Waals surface area contributed by atoms with Crippen molar-refractivity contribution in [1.82, 2.24) is 10.6 Å². The van der Waals surface area contributed by atoms with Crippen LogP contribution in [-0.2, 0) is 22.4 Å². The summed E-state index contributed by atoms with van der Waals surface area (Å²) in [7, 11) is 0. The van der Waals surface area contributed by atoms with E-state index in [1.54, 1.807) is 0 Å². The third-order valence-corrected chi connectivity index (χ3v) is 4.42. The highest BCUT2D eigenvalue weighted by Gasteiger charge is 2.20. The van der Waals surface area contributed by atoms with Crippen molar-refractivity contribution in [3.8, 4) is 0 Å². The number of carbonyl (C=O) groups excluding carboxylic acids is 3. The van der Waals surface area contributed by atoms with Crippen LogP contribution in [0.1, 0.15) is 40.4 Å². The maximum Gasteiger partial charge on any atom is 0.348 e. The number of urea groups is 1. The first-order valence-electron chi connectivity index (χ1n) is 7.32. The van der Waals surface area contributed by atoms with Gasteiger partial charge in [-0.2, -0.15) is 0 Å². The molecule has 7 heteroatoms. The lowest BCUT2D eigenvalue weighted by atomic mass is 10.2. The molecule has 0 saturated carbocycles. The Morgan fingerprint density at radius 3 is 2.77 bits per heavy atom. The second kappa shape index (κ2) is 7.40. The molecular weight excluding hydrogens is 304 g/mol. The fourth-order valence-corrected chi connectivity index (χ4v) is 3.28. The smallest absolute Gasteiger partial charge is 0.348 e. The third-order valence-electron chi connectivity index (χ3n) is 3.21. The number of rotatable bonds is 5. The van der Waals surface area contributed by atoms with Gasteiger partial charge in [-0.1, -0.05) is 13.8 Å². The molecule has 3 amide bonds. The highest BCUT2D eigenvalue weighted by molar-refractivity contribution is 7.14. The molecule has 1 heterocycles. The van der Waals surface area contributed by atoms with Crippen molar-refractivity contribution in [1.29, 1.82) is 0 Å². The summed E-state index contributed by atoms with van der Waals surface area (Å²) in [6.45, 7) is 3.90. The molecule has 6 nitrogen and oxygen atoms in total. The van der Waals surface area contributed by atoms with Crippen molar-refractivity contribution >= 4 is 29.2 Å². The number of thiophene rings is 1. The van der Waals surface area contributed by atoms with E-state index in [0.29, 0.717) is 17.3 Å². The van der Waals surface area contributed by atoms with E-state index in [9.17, 15) is 14.4 Å². The summed E-state index contributed by atoms with van der Waals surface area (Å²) in [6.07, 6.45) is 3.13. The summed E-state index contributed by atoms with van der Waals surface area (Å²) in [6, 6.07) is 1.26. The van der Waals surface area contributed by atoms with Crippen LogP contribution in [0.3, 0.4) is 0 Å². The van der Waals surface area contributed by atoms with Gasteiger partial charge in [0.05, 0.1) is 0 Å². The number of ether oxygens (including phenoxy) is 1. The van der Waals surface area contributed by atoms with Crippen molar-refractivity contribution in [3.63, 3.8) is 0 Å². The van der Waals surface area contributed by atoms with E-state index in [1.807, 2.05) is 19.9 Å². The number of imide groups is 1. The van der Waals surface area contributed by atoms with Crippen molar-refractivity contribution in [2.75, 3.05) is 13.2 Å². The number of nitrogens with one attached hydrogen (secondary N) is 2. The Kier molecular flexibility index (Phi) is 5.54. The maximum atomic E-state index is 11.9. The van der Waals surface area contributed by atoms with Crippen LogP contribution >= 0.6 is 11.3 Å². The zero-order valence-corrected chi connectivity index (χ0v) is 13.5. The summed E-state index contributed by atoms with van der Waals surface area (Å²) < 4.78 is 4.93. The highest BCUT2D eigenvalue weighted by atomic mass is 32.1. The molecule has 0 fully saturated rings. The molecule has 120 valence electrons. The summed E-state index contributed by atoms with van der Waals surface area (Å²) in [5.41, 5.74) is 1.20. The van der Waals surface area contributed by atoms with Crippen LogP contribution in [0, 0.1) is 5.92 Å². The molecular formula is C15H20N2O4S. The monoisotopic (exact) mass is 324 g/mol. The SMILES string of the molecule is CC(C)CNC(=O)NC(=O)COC(=O)c1cc2c(s1)CCC2. The molecule has 1 aromatic heterocycles. The number of fused-ring (bicyclic) bond motifs is 1. The van der Waals surface area contributed by atoms with Gasteiger partial charge in [0.15, 0.2) is 6.61 Å². The van der Waals surface area contributed by atoms with Crippen LogP contribution in [0.25, 0.3) is 0 Å². The van der Waals surface area contributed by atoms with E-state index >= 15 is 0 Å². The number of esters is 1. The first kappa shape index (κ1) is 16.5. The average molecular weight is 324 g/mol. The van der Waals surface area contributed by atoms with Crippen LogP contribution in [0.4, 0.5) is 4.79 Å². The third kappa shape index (κ3) is 4.56. The predicted molar refractivity (Wildman–Crippen MR) is 83.0 cm³/mol. The van der Waals surface area contributed by atoms with Crippen LogP contribution in [0.2, 0.25) is 0 Å². The van der Waals surface area contributed by atoms with Crippen LogP contribution < -0.4 is 10.6 Å². The highest BCUT2D eigenvalue weighted by Crippen LogP contribution is 2.30. The van der Waals surface area contributed by atoms with Gasteiger partial charge in [-0.05, 0) is 36.8 Å². The lowest BCUT2D eigenvalue weighted by molar-refractivity contribution is -0.123. The fourth-order valence-electron chi connectivity index (χ4n) is 2.14. The molecule has 2 N–H and O–H groups in total. The van der Waals surface area contributed by atoms with Crippen molar-refractivity contribution < 1.29 is 19.1 Å². The Labute approximate surface area is 133 Å². The Bertz CT molecular complexity index is 559. The molecule has 22 heavy (non-hydrogen) atoms. The average Bonchev–Trinajstić information content (AvgIpc) is 3.03. The van der Waals surface area contributed by atoms with Crippen molar-refractivity contribution in [3.05, 3.63) is 21.4 Å². The summed E-state index contributed by atoms with van der Waals surface area (Å²) in [4.78, 5) is 36.5. The normalized spacial score (nSPS) is 12.9. The molecule has 0 aromatic carbocycles. The van der Waals surface area contributed by atoms with E-state index in [1.165, 1.54) is 21.8 Å². The molecule has 0 spiro atoms. The molecule has 0 unspecified atom stereocenters. The Hall–Kier alpha value is -1.89. The quantitative estimate of drug-likeness (QED) is 0.810. The Morgan fingerprint density at radius 2 is 2.09 bits per heavy atom. The fraction of sp³-hybridized carbons (Fsp3) is 0.533. The summed E-state index contributed by atoms with van der Waals surface area (Å²) in [5, 5.41) is 4.67. The first-order chi connectivity index (χ1) is 10.5. The minimum absolute atomic E-state index is 0.291. The number of hydrogen-bond acceptors (Lipinski definition) is 5. The lowest BCUT2D eigenvalue weighted by Gasteiger charge is -2.08.